The van der Waals surface area contributed by atoms with Crippen molar-refractivity contribution in [1.82, 2.24) is 0 Å². The Hall–Kier alpha value is -1.82. The molecule has 0 saturated heterocycles. The Kier molecular flexibility index (Phi) is 4.67. The third kappa shape index (κ3) is 3.64. The van der Waals surface area contributed by atoms with Crippen LogP contribution in [0.2, 0.25) is 10.0 Å². The Morgan fingerprint density at radius 3 is 2.43 bits per heavy atom. The Morgan fingerprint density at radius 1 is 1.14 bits per heavy atom. The molecule has 110 valence electrons. The monoisotopic (exact) mass is 327 g/mol. The lowest BCUT2D eigenvalue weighted by Gasteiger charge is -2.11. The number of benzene rings is 2. The van der Waals surface area contributed by atoms with Crippen molar-refractivity contribution in [3.8, 4) is 11.5 Å². The van der Waals surface area contributed by atoms with Gasteiger partial charge < -0.3 is 9.84 Å². The van der Waals surface area contributed by atoms with Crippen LogP contribution < -0.4 is 4.74 Å². The van der Waals surface area contributed by atoms with Crippen molar-refractivity contribution in [2.45, 2.75) is 13.0 Å². The molecule has 0 amide bonds. The maximum atomic E-state index is 10.8. The first-order valence-corrected chi connectivity index (χ1v) is 6.73. The first-order chi connectivity index (χ1) is 9.88. The summed E-state index contributed by atoms with van der Waals surface area (Å²) in [6, 6.07) is 8.67. The Bertz CT molecular complexity index is 689. The highest BCUT2D eigenvalue weighted by Gasteiger charge is 2.13. The second kappa shape index (κ2) is 6.30. The third-order valence-electron chi connectivity index (χ3n) is 2.78. The van der Waals surface area contributed by atoms with E-state index in [4.69, 9.17) is 27.9 Å². The summed E-state index contributed by atoms with van der Waals surface area (Å²) in [4.78, 5) is 10.2. The second-order valence-electron chi connectivity index (χ2n) is 4.34. The summed E-state index contributed by atoms with van der Waals surface area (Å²) in [5.74, 6) is 0.432. The van der Waals surface area contributed by atoms with Gasteiger partial charge in [-0.1, -0.05) is 29.3 Å². The third-order valence-corrected chi connectivity index (χ3v) is 3.39. The van der Waals surface area contributed by atoms with Gasteiger partial charge in [-0.15, -0.1) is 0 Å². The van der Waals surface area contributed by atoms with E-state index in [0.29, 0.717) is 11.3 Å². The SMILES string of the molecule is CC(O)c1ccc(Oc2cc([N+](=O)[O-])ccc2Cl)c(Cl)c1. The molecule has 0 fully saturated rings. The lowest BCUT2D eigenvalue weighted by molar-refractivity contribution is -0.384. The molecule has 1 atom stereocenters. The molecule has 0 bridgehead atoms. The number of nitro groups is 1. The summed E-state index contributed by atoms with van der Waals surface area (Å²) in [6.45, 7) is 1.61. The van der Waals surface area contributed by atoms with Crippen LogP contribution in [0, 0.1) is 10.1 Å². The fourth-order valence-corrected chi connectivity index (χ4v) is 2.05. The molecule has 2 aromatic carbocycles. The zero-order valence-electron chi connectivity index (χ0n) is 10.9. The molecule has 21 heavy (non-hydrogen) atoms. The molecule has 0 spiro atoms. The van der Waals surface area contributed by atoms with Gasteiger partial charge in [0.1, 0.15) is 5.75 Å². The van der Waals surface area contributed by atoms with Crippen molar-refractivity contribution in [3.63, 3.8) is 0 Å². The number of nitro benzene ring substituents is 1. The van der Waals surface area contributed by atoms with E-state index in [1.165, 1.54) is 18.2 Å². The van der Waals surface area contributed by atoms with Gasteiger partial charge in [-0.3, -0.25) is 10.1 Å². The number of hydrogen-bond acceptors (Lipinski definition) is 4. The normalized spacial score (nSPS) is 12.0. The molecule has 0 aliphatic carbocycles. The molecular weight excluding hydrogens is 317 g/mol. The Morgan fingerprint density at radius 2 is 1.86 bits per heavy atom. The molecule has 0 aromatic heterocycles. The summed E-state index contributed by atoms with van der Waals surface area (Å²) in [5.41, 5.74) is 0.503. The summed E-state index contributed by atoms with van der Waals surface area (Å²) in [7, 11) is 0. The number of non-ortho nitro benzene ring substituents is 1. The number of nitrogens with zero attached hydrogens (tertiary/aromatic N) is 1. The fraction of sp³-hybridized carbons (Fsp3) is 0.143. The largest absolute Gasteiger partial charge is 0.454 e. The Labute approximate surface area is 130 Å². The van der Waals surface area contributed by atoms with Gasteiger partial charge >= 0.3 is 0 Å². The minimum Gasteiger partial charge on any atom is -0.454 e. The van der Waals surface area contributed by atoms with Crippen LogP contribution in [0.15, 0.2) is 36.4 Å². The highest BCUT2D eigenvalue weighted by Crippen LogP contribution is 2.36. The number of halogens is 2. The smallest absolute Gasteiger partial charge is 0.273 e. The van der Waals surface area contributed by atoms with Crippen molar-refractivity contribution in [1.29, 1.82) is 0 Å². The predicted molar refractivity (Wildman–Crippen MR) is 80.3 cm³/mol. The van der Waals surface area contributed by atoms with E-state index < -0.39 is 11.0 Å². The maximum Gasteiger partial charge on any atom is 0.273 e. The maximum absolute atomic E-state index is 10.8. The van der Waals surface area contributed by atoms with Crippen molar-refractivity contribution in [2.24, 2.45) is 0 Å². The quantitative estimate of drug-likeness (QED) is 0.649. The summed E-state index contributed by atoms with van der Waals surface area (Å²) in [5, 5.41) is 20.7. The first-order valence-electron chi connectivity index (χ1n) is 5.98. The Balaban J connectivity index is 2.34. The first kappa shape index (κ1) is 15.6. The molecule has 1 unspecified atom stereocenters. The van der Waals surface area contributed by atoms with Gasteiger partial charge in [0.15, 0.2) is 5.75 Å². The number of aliphatic hydroxyl groups excluding tert-OH is 1. The van der Waals surface area contributed by atoms with E-state index in [2.05, 4.69) is 0 Å². The molecule has 0 radical (unpaired) electrons. The van der Waals surface area contributed by atoms with E-state index in [1.807, 2.05) is 0 Å². The zero-order valence-corrected chi connectivity index (χ0v) is 12.4. The molecule has 0 aliphatic heterocycles. The summed E-state index contributed by atoms with van der Waals surface area (Å²) >= 11 is 12.0. The van der Waals surface area contributed by atoms with E-state index >= 15 is 0 Å². The summed E-state index contributed by atoms with van der Waals surface area (Å²) in [6.07, 6.45) is -0.655. The van der Waals surface area contributed by atoms with Crippen molar-refractivity contribution in [2.75, 3.05) is 0 Å². The highest BCUT2D eigenvalue weighted by molar-refractivity contribution is 6.33. The van der Waals surface area contributed by atoms with Gasteiger partial charge in [-0.25, -0.2) is 0 Å². The van der Waals surface area contributed by atoms with Gasteiger partial charge in [0.2, 0.25) is 0 Å². The van der Waals surface area contributed by atoms with E-state index in [0.717, 1.165) is 0 Å². The predicted octanol–water partition coefficient (Wildman–Crippen LogP) is 4.75. The molecule has 2 rings (SSSR count). The van der Waals surface area contributed by atoms with Crippen molar-refractivity contribution in [3.05, 3.63) is 62.1 Å². The lowest BCUT2D eigenvalue weighted by atomic mass is 10.1. The molecule has 7 heteroatoms. The molecular formula is C14H11Cl2NO4. The number of hydrogen-bond donors (Lipinski definition) is 1. The highest BCUT2D eigenvalue weighted by atomic mass is 35.5. The molecule has 1 N–H and O–H groups in total. The molecule has 2 aromatic rings. The van der Waals surface area contributed by atoms with Gasteiger partial charge in [-0.05, 0) is 30.7 Å². The molecule has 5 nitrogen and oxygen atoms in total. The molecule has 0 heterocycles. The number of rotatable bonds is 4. The molecule has 0 aliphatic rings. The average molecular weight is 328 g/mol. The van der Waals surface area contributed by atoms with Crippen LogP contribution in [0.1, 0.15) is 18.6 Å². The minimum absolute atomic E-state index is 0.133. The number of ether oxygens (including phenoxy) is 1. The summed E-state index contributed by atoms with van der Waals surface area (Å²) < 4.78 is 5.52. The van der Waals surface area contributed by atoms with Crippen LogP contribution in [-0.4, -0.2) is 10.0 Å². The van der Waals surface area contributed by atoms with Crippen LogP contribution in [0.3, 0.4) is 0 Å². The fourth-order valence-electron chi connectivity index (χ4n) is 1.66. The molecule has 0 saturated carbocycles. The topological polar surface area (TPSA) is 72.6 Å². The van der Waals surface area contributed by atoms with E-state index in [9.17, 15) is 15.2 Å². The van der Waals surface area contributed by atoms with Gasteiger partial charge in [0.05, 0.1) is 27.1 Å². The van der Waals surface area contributed by atoms with Gasteiger partial charge in [-0.2, -0.15) is 0 Å². The zero-order chi connectivity index (χ0) is 15.6. The van der Waals surface area contributed by atoms with Gasteiger partial charge in [0.25, 0.3) is 5.69 Å². The lowest BCUT2D eigenvalue weighted by Crippen LogP contribution is -1.93. The van der Waals surface area contributed by atoms with E-state index in [-0.39, 0.29) is 21.5 Å². The average Bonchev–Trinajstić information content (AvgIpc) is 2.42. The van der Waals surface area contributed by atoms with Gasteiger partial charge in [0, 0.05) is 6.07 Å². The van der Waals surface area contributed by atoms with Crippen LogP contribution in [-0.2, 0) is 0 Å². The van der Waals surface area contributed by atoms with Crippen LogP contribution in [0.25, 0.3) is 0 Å². The van der Waals surface area contributed by atoms with Crippen LogP contribution >= 0.6 is 23.2 Å². The van der Waals surface area contributed by atoms with E-state index in [1.54, 1.807) is 25.1 Å². The minimum atomic E-state index is -0.655. The number of aliphatic hydroxyl groups is 1. The van der Waals surface area contributed by atoms with Crippen molar-refractivity contribution < 1.29 is 14.8 Å². The second-order valence-corrected chi connectivity index (χ2v) is 5.15. The van der Waals surface area contributed by atoms with Crippen LogP contribution in [0.4, 0.5) is 5.69 Å². The standard InChI is InChI=1S/C14H11Cl2NO4/c1-8(18)9-2-5-13(12(16)6-9)21-14-7-10(17(19)20)3-4-11(14)15/h2-8,18H,1H3. The van der Waals surface area contributed by atoms with Crippen molar-refractivity contribution >= 4 is 28.9 Å². The van der Waals surface area contributed by atoms with Crippen LogP contribution in [0.5, 0.6) is 11.5 Å².